The first-order chi connectivity index (χ1) is 17.9. The molecule has 3 rings (SSSR count). The molecule has 39 heavy (non-hydrogen) atoms. The van der Waals surface area contributed by atoms with Gasteiger partial charge in [0.1, 0.15) is 23.1 Å². The Morgan fingerprint density at radius 3 is 2.38 bits per heavy atom. The Kier molecular flexibility index (Phi) is 7.94. The summed E-state index contributed by atoms with van der Waals surface area (Å²) in [6, 6.07) is 5.19. The second kappa shape index (κ2) is 10.4. The van der Waals surface area contributed by atoms with Gasteiger partial charge in [0.05, 0.1) is 34.1 Å². The quantitative estimate of drug-likeness (QED) is 0.193. The molecule has 0 saturated carbocycles. The predicted octanol–water partition coefficient (Wildman–Crippen LogP) is 5.86. The molecule has 0 aliphatic rings. The first-order valence-electron chi connectivity index (χ1n) is 12.2. The Morgan fingerprint density at radius 2 is 1.82 bits per heavy atom. The van der Waals surface area contributed by atoms with Gasteiger partial charge in [-0.3, -0.25) is 14.9 Å². The minimum absolute atomic E-state index is 0.0862. The summed E-state index contributed by atoms with van der Waals surface area (Å²) in [6.07, 6.45) is 0. The minimum Gasteiger partial charge on any atom is -0.465 e. The number of hydrogen-bond donors (Lipinski definition) is 2. The zero-order chi connectivity index (χ0) is 29.5. The zero-order valence-corrected chi connectivity index (χ0v) is 22.7. The zero-order valence-electron chi connectivity index (χ0n) is 22.7. The van der Waals surface area contributed by atoms with Crippen LogP contribution < -0.4 is 5.32 Å². The molecule has 9 nitrogen and oxygen atoms in total. The Morgan fingerprint density at radius 1 is 1.18 bits per heavy atom. The molecular weight excluding hydrogens is 517 g/mol. The molecule has 0 saturated heterocycles. The minimum atomic E-state index is -3.88. The fourth-order valence-corrected chi connectivity index (χ4v) is 4.20. The highest BCUT2D eigenvalue weighted by Crippen LogP contribution is 2.42. The number of aromatic nitrogens is 2. The van der Waals surface area contributed by atoms with E-state index >= 15 is 4.39 Å². The van der Waals surface area contributed by atoms with Crippen molar-refractivity contribution < 1.29 is 32.7 Å². The molecule has 0 fully saturated rings. The van der Waals surface area contributed by atoms with Gasteiger partial charge in [0.2, 0.25) is 0 Å². The summed E-state index contributed by atoms with van der Waals surface area (Å²) < 4.78 is 50.0. The number of benzene rings is 2. The summed E-state index contributed by atoms with van der Waals surface area (Å²) in [5.41, 5.74) is -5.00. The van der Waals surface area contributed by atoms with Gasteiger partial charge in [-0.15, -0.1) is 0 Å². The van der Waals surface area contributed by atoms with Crippen LogP contribution in [0.15, 0.2) is 30.3 Å². The second-order valence-corrected chi connectivity index (χ2v) is 10.3. The average molecular weight is 549 g/mol. The molecule has 0 aliphatic heterocycles. The molecule has 0 unspecified atom stereocenters. The number of nitro groups is 1. The summed E-state index contributed by atoms with van der Waals surface area (Å²) in [4.78, 5) is 32.7. The molecule has 0 radical (unpaired) electrons. The highest BCUT2D eigenvalue weighted by Gasteiger charge is 2.49. The van der Waals surface area contributed by atoms with E-state index in [1.165, 1.54) is 45.0 Å². The van der Waals surface area contributed by atoms with Crippen LogP contribution in [0.1, 0.15) is 70.1 Å². The van der Waals surface area contributed by atoms with Crippen molar-refractivity contribution in [3.8, 4) is 0 Å². The number of fused-ring (bicyclic) bond motifs is 1. The monoisotopic (exact) mass is 548 g/mol. The lowest BCUT2D eigenvalue weighted by molar-refractivity contribution is -0.385. The third kappa shape index (κ3) is 5.51. The maximum Gasteiger partial charge on any atom is 0.316 e. The molecule has 12 heteroatoms. The number of nitrogens with one attached hydrogen (secondary N) is 1. The van der Waals surface area contributed by atoms with E-state index in [9.17, 15) is 28.8 Å². The SMILES string of the molecule is CCOC(=O)C(C)(C)c1cc2nc(C)nc(N[C@H](C)c3cccc(C(F)(F)C(C)(C)O)c3F)c2cc1[N+](=O)[O-]. The number of nitrogens with zero attached hydrogens (tertiary/aromatic N) is 3. The lowest BCUT2D eigenvalue weighted by Crippen LogP contribution is -2.41. The van der Waals surface area contributed by atoms with Gasteiger partial charge in [-0.25, -0.2) is 14.4 Å². The molecule has 3 aromatic rings. The lowest BCUT2D eigenvalue weighted by Gasteiger charge is -2.30. The molecule has 2 aromatic carbocycles. The highest BCUT2D eigenvalue weighted by molar-refractivity contribution is 5.94. The number of alkyl halides is 2. The molecule has 2 N–H and O–H groups in total. The number of carbonyl (C=O) groups excluding carboxylic acids is 1. The number of aliphatic hydroxyl groups is 1. The summed E-state index contributed by atoms with van der Waals surface area (Å²) in [6.45, 7) is 9.61. The first kappa shape index (κ1) is 29.8. The van der Waals surface area contributed by atoms with Crippen LogP contribution >= 0.6 is 0 Å². The predicted molar refractivity (Wildman–Crippen MR) is 139 cm³/mol. The summed E-state index contributed by atoms with van der Waals surface area (Å²) >= 11 is 0. The number of halogens is 3. The van der Waals surface area contributed by atoms with Crippen LogP contribution in [0.25, 0.3) is 10.9 Å². The molecule has 1 atom stereocenters. The van der Waals surface area contributed by atoms with Crippen molar-refractivity contribution in [3.63, 3.8) is 0 Å². The number of hydrogen-bond acceptors (Lipinski definition) is 8. The summed E-state index contributed by atoms with van der Waals surface area (Å²) in [7, 11) is 0. The summed E-state index contributed by atoms with van der Waals surface area (Å²) in [5, 5.41) is 25.1. The van der Waals surface area contributed by atoms with E-state index in [2.05, 4.69) is 15.3 Å². The van der Waals surface area contributed by atoms with Crippen LogP contribution in [0.5, 0.6) is 0 Å². The van der Waals surface area contributed by atoms with Crippen LogP contribution in [-0.4, -0.2) is 38.2 Å². The van der Waals surface area contributed by atoms with Gasteiger partial charge >= 0.3 is 11.9 Å². The van der Waals surface area contributed by atoms with Gasteiger partial charge in [-0.05, 0) is 60.6 Å². The van der Waals surface area contributed by atoms with Crippen molar-refractivity contribution in [3.05, 3.63) is 68.8 Å². The van der Waals surface area contributed by atoms with Crippen LogP contribution in [0.4, 0.5) is 24.7 Å². The van der Waals surface area contributed by atoms with Crippen LogP contribution in [0, 0.1) is 22.9 Å². The van der Waals surface area contributed by atoms with Gasteiger partial charge in [0.15, 0.2) is 0 Å². The molecule has 210 valence electrons. The topological polar surface area (TPSA) is 127 Å². The summed E-state index contributed by atoms with van der Waals surface area (Å²) in [5.74, 6) is -5.36. The molecule has 0 aliphatic carbocycles. The van der Waals surface area contributed by atoms with Crippen LogP contribution in [0.3, 0.4) is 0 Å². The number of aryl methyl sites for hydroxylation is 1. The van der Waals surface area contributed by atoms with Crippen molar-refractivity contribution in [1.82, 2.24) is 9.97 Å². The fourth-order valence-electron chi connectivity index (χ4n) is 4.20. The Balaban J connectivity index is 2.15. The van der Waals surface area contributed by atoms with Gasteiger partial charge in [0, 0.05) is 22.6 Å². The second-order valence-electron chi connectivity index (χ2n) is 10.3. The van der Waals surface area contributed by atoms with E-state index in [0.717, 1.165) is 19.9 Å². The highest BCUT2D eigenvalue weighted by atomic mass is 19.3. The van der Waals surface area contributed by atoms with Gasteiger partial charge in [-0.2, -0.15) is 8.78 Å². The first-order valence-corrected chi connectivity index (χ1v) is 12.2. The molecule has 1 aromatic heterocycles. The molecule has 0 spiro atoms. The van der Waals surface area contributed by atoms with Gasteiger partial charge in [-0.1, -0.05) is 12.1 Å². The molecule has 1 heterocycles. The van der Waals surface area contributed by atoms with Gasteiger partial charge in [0.25, 0.3) is 5.69 Å². The smallest absolute Gasteiger partial charge is 0.316 e. The number of ether oxygens (including phenoxy) is 1. The van der Waals surface area contributed by atoms with Crippen molar-refractivity contribution in [2.75, 3.05) is 11.9 Å². The van der Waals surface area contributed by atoms with Crippen molar-refractivity contribution in [2.45, 2.75) is 71.4 Å². The number of rotatable bonds is 9. The van der Waals surface area contributed by atoms with E-state index in [4.69, 9.17) is 4.74 Å². The Hall–Kier alpha value is -3.80. The number of carbonyl (C=O) groups is 1. The lowest BCUT2D eigenvalue weighted by atomic mass is 9.83. The number of nitro benzene ring substituents is 1. The van der Waals surface area contributed by atoms with Gasteiger partial charge < -0.3 is 15.2 Å². The maximum absolute atomic E-state index is 15.3. The van der Waals surface area contributed by atoms with E-state index in [1.54, 1.807) is 13.8 Å². The molecular formula is C27H31F3N4O5. The van der Waals surface area contributed by atoms with Crippen molar-refractivity contribution >= 4 is 28.4 Å². The fraction of sp³-hybridized carbons (Fsp3) is 0.444. The third-order valence-corrected chi connectivity index (χ3v) is 6.54. The molecule has 0 bridgehead atoms. The maximum atomic E-state index is 15.3. The van der Waals surface area contributed by atoms with E-state index in [1.807, 2.05) is 0 Å². The Bertz CT molecular complexity index is 1440. The van der Waals surface area contributed by atoms with Crippen LogP contribution in [0.2, 0.25) is 0 Å². The average Bonchev–Trinajstić information content (AvgIpc) is 2.82. The largest absolute Gasteiger partial charge is 0.465 e. The standard InChI is InChI=1S/C27H31F3N4O5/c1-8-39-24(35)25(4,5)19-13-20-17(12-21(19)34(37)38)23(33-15(3)32-20)31-14(2)16-10-9-11-18(22(16)28)27(29,30)26(6,7)36/h9-14,36H,8H2,1-7H3,(H,31,32,33)/t14-/m1/s1. The normalized spacial score (nSPS) is 13.3. The van der Waals surface area contributed by atoms with E-state index in [0.29, 0.717) is 0 Å². The van der Waals surface area contributed by atoms with Crippen molar-refractivity contribution in [2.24, 2.45) is 0 Å². The van der Waals surface area contributed by atoms with Crippen molar-refractivity contribution in [1.29, 1.82) is 0 Å². The Labute approximate surface area is 223 Å². The van der Waals surface area contributed by atoms with E-state index < -0.39 is 45.3 Å². The molecule has 0 amide bonds. The van der Waals surface area contributed by atoms with E-state index in [-0.39, 0.29) is 46.0 Å². The number of anilines is 1. The van der Waals surface area contributed by atoms with Crippen LogP contribution in [-0.2, 0) is 20.9 Å². The third-order valence-electron chi connectivity index (χ3n) is 6.54. The number of esters is 1.